The second-order valence-corrected chi connectivity index (χ2v) is 7.93. The van der Waals surface area contributed by atoms with Gasteiger partial charge in [-0.25, -0.2) is 9.97 Å². The molecule has 1 aromatic heterocycles. The molecule has 1 amide bonds. The van der Waals surface area contributed by atoms with E-state index in [2.05, 4.69) is 58.0 Å². The van der Waals surface area contributed by atoms with Crippen molar-refractivity contribution in [3.63, 3.8) is 0 Å². The molecule has 1 fully saturated rings. The molecule has 0 radical (unpaired) electrons. The Labute approximate surface area is 174 Å². The fourth-order valence-corrected chi connectivity index (χ4v) is 3.68. The minimum atomic E-state index is -0.186. The number of nitrogens with one attached hydrogen (secondary N) is 1. The monoisotopic (exact) mass is 395 g/mol. The van der Waals surface area contributed by atoms with Crippen molar-refractivity contribution >= 4 is 23.2 Å². The highest BCUT2D eigenvalue weighted by Gasteiger charge is 2.16. The minimum absolute atomic E-state index is 0.186. The number of aromatic nitrogens is 2. The molecule has 0 bridgehead atoms. The van der Waals surface area contributed by atoms with E-state index in [-0.39, 0.29) is 5.91 Å². The molecule has 156 valence electrons. The number of benzene rings is 1. The number of piperidine rings is 1. The molecule has 2 aromatic rings. The minimum Gasteiger partial charge on any atom is -0.372 e. The zero-order chi connectivity index (χ0) is 20.6. The van der Waals surface area contributed by atoms with Gasteiger partial charge >= 0.3 is 0 Å². The molecule has 1 saturated heterocycles. The number of hydrogen-bond acceptors (Lipinski definition) is 5. The Hall–Kier alpha value is -2.63. The normalized spacial score (nSPS) is 14.7. The third kappa shape index (κ3) is 5.68. The Morgan fingerprint density at radius 2 is 1.66 bits per heavy atom. The van der Waals surface area contributed by atoms with Crippen LogP contribution >= 0.6 is 0 Å². The Morgan fingerprint density at radius 3 is 2.21 bits per heavy atom. The van der Waals surface area contributed by atoms with Gasteiger partial charge in [0.2, 0.25) is 5.95 Å². The molecule has 2 heterocycles. The number of hydrogen-bond donors (Lipinski definition) is 1. The van der Waals surface area contributed by atoms with E-state index in [1.165, 1.54) is 18.5 Å². The fraction of sp³-hybridized carbons (Fsp3) is 0.522. The molecule has 1 aromatic carbocycles. The first-order chi connectivity index (χ1) is 14.1. The van der Waals surface area contributed by atoms with Crippen LogP contribution in [-0.2, 0) is 0 Å². The average molecular weight is 396 g/mol. The average Bonchev–Trinajstić information content (AvgIpc) is 2.75. The van der Waals surface area contributed by atoms with Crippen molar-refractivity contribution in [3.8, 4) is 0 Å². The Kier molecular flexibility index (Phi) is 7.44. The van der Waals surface area contributed by atoms with Gasteiger partial charge in [0.05, 0.1) is 5.56 Å². The Morgan fingerprint density at radius 1 is 1.07 bits per heavy atom. The number of amides is 1. The van der Waals surface area contributed by atoms with Crippen LogP contribution in [0.5, 0.6) is 0 Å². The van der Waals surface area contributed by atoms with Crippen LogP contribution in [0, 0.1) is 5.92 Å². The van der Waals surface area contributed by atoms with Crippen molar-refractivity contribution in [3.05, 3.63) is 42.2 Å². The second-order valence-electron chi connectivity index (χ2n) is 7.93. The van der Waals surface area contributed by atoms with Crippen LogP contribution in [0.1, 0.15) is 56.8 Å². The van der Waals surface area contributed by atoms with E-state index >= 15 is 0 Å². The molecule has 0 unspecified atom stereocenters. The summed E-state index contributed by atoms with van der Waals surface area (Å²) in [5.74, 6) is 1.31. The highest BCUT2D eigenvalue weighted by Crippen LogP contribution is 2.24. The van der Waals surface area contributed by atoms with Crippen LogP contribution in [0.25, 0.3) is 0 Å². The Balaban J connectivity index is 1.59. The van der Waals surface area contributed by atoms with Crippen molar-refractivity contribution in [2.24, 2.45) is 5.92 Å². The lowest BCUT2D eigenvalue weighted by molar-refractivity contribution is 0.102. The summed E-state index contributed by atoms with van der Waals surface area (Å²) in [5, 5.41) is 2.94. The summed E-state index contributed by atoms with van der Waals surface area (Å²) in [6, 6.07) is 8.09. The summed E-state index contributed by atoms with van der Waals surface area (Å²) >= 11 is 0. The van der Waals surface area contributed by atoms with E-state index in [0.29, 0.717) is 11.5 Å². The van der Waals surface area contributed by atoms with E-state index in [0.717, 1.165) is 50.6 Å². The fourth-order valence-electron chi connectivity index (χ4n) is 3.68. The van der Waals surface area contributed by atoms with Crippen LogP contribution in [0.2, 0.25) is 0 Å². The van der Waals surface area contributed by atoms with Crippen LogP contribution in [-0.4, -0.2) is 42.1 Å². The van der Waals surface area contributed by atoms with Gasteiger partial charge in [-0.05, 0) is 55.9 Å². The van der Waals surface area contributed by atoms with E-state index in [4.69, 9.17) is 0 Å². The molecule has 6 nitrogen and oxygen atoms in total. The standard InChI is InChI=1S/C23H33N5O/c1-4-12-28(13-5-2)23-24-16-19(17-25-23)22(29)26-20-6-8-21(9-7-20)27-14-10-18(3)11-15-27/h6-9,16-18H,4-5,10-15H2,1-3H3,(H,26,29). The summed E-state index contributed by atoms with van der Waals surface area (Å²) in [6.45, 7) is 10.6. The highest BCUT2D eigenvalue weighted by atomic mass is 16.1. The maximum absolute atomic E-state index is 12.6. The third-order valence-corrected chi connectivity index (χ3v) is 5.44. The van der Waals surface area contributed by atoms with Gasteiger partial charge in [-0.2, -0.15) is 0 Å². The van der Waals surface area contributed by atoms with Gasteiger partial charge in [0, 0.05) is 49.9 Å². The summed E-state index contributed by atoms with van der Waals surface area (Å²) in [4.78, 5) is 25.9. The maximum atomic E-state index is 12.6. The smallest absolute Gasteiger partial charge is 0.258 e. The zero-order valence-corrected chi connectivity index (χ0v) is 17.9. The topological polar surface area (TPSA) is 61.4 Å². The lowest BCUT2D eigenvalue weighted by Crippen LogP contribution is -2.32. The highest BCUT2D eigenvalue weighted by molar-refractivity contribution is 6.03. The first-order valence-electron chi connectivity index (χ1n) is 10.8. The quantitative estimate of drug-likeness (QED) is 0.708. The predicted molar refractivity (Wildman–Crippen MR) is 120 cm³/mol. The SMILES string of the molecule is CCCN(CCC)c1ncc(C(=O)Nc2ccc(N3CCC(C)CC3)cc2)cn1. The van der Waals surface area contributed by atoms with E-state index in [1.807, 2.05) is 12.1 Å². The van der Waals surface area contributed by atoms with Crippen molar-refractivity contribution in [2.45, 2.75) is 46.5 Å². The summed E-state index contributed by atoms with van der Waals surface area (Å²) in [5.41, 5.74) is 2.47. The van der Waals surface area contributed by atoms with Gasteiger partial charge in [-0.15, -0.1) is 0 Å². The van der Waals surface area contributed by atoms with E-state index in [1.54, 1.807) is 12.4 Å². The third-order valence-electron chi connectivity index (χ3n) is 5.44. The van der Waals surface area contributed by atoms with Gasteiger partial charge in [0.15, 0.2) is 0 Å². The molecule has 1 N–H and O–H groups in total. The van der Waals surface area contributed by atoms with Gasteiger partial charge < -0.3 is 15.1 Å². The van der Waals surface area contributed by atoms with E-state index < -0.39 is 0 Å². The molecule has 0 saturated carbocycles. The van der Waals surface area contributed by atoms with Crippen molar-refractivity contribution < 1.29 is 4.79 Å². The summed E-state index contributed by atoms with van der Waals surface area (Å²) in [7, 11) is 0. The molecular formula is C23H33N5O. The Bertz CT molecular complexity index is 761. The molecule has 0 aliphatic carbocycles. The molecule has 0 atom stereocenters. The molecule has 29 heavy (non-hydrogen) atoms. The van der Waals surface area contributed by atoms with Crippen molar-refractivity contribution in [2.75, 3.05) is 41.3 Å². The number of rotatable bonds is 8. The summed E-state index contributed by atoms with van der Waals surface area (Å²) in [6.07, 6.45) is 7.78. The number of anilines is 3. The lowest BCUT2D eigenvalue weighted by atomic mass is 9.99. The predicted octanol–water partition coefficient (Wildman–Crippen LogP) is 4.59. The van der Waals surface area contributed by atoms with Crippen LogP contribution in [0.4, 0.5) is 17.3 Å². The lowest BCUT2D eigenvalue weighted by Gasteiger charge is -2.32. The van der Waals surface area contributed by atoms with E-state index in [9.17, 15) is 4.79 Å². The zero-order valence-electron chi connectivity index (χ0n) is 17.9. The number of carbonyl (C=O) groups excluding carboxylic acids is 1. The van der Waals surface area contributed by atoms with Crippen molar-refractivity contribution in [1.82, 2.24) is 9.97 Å². The van der Waals surface area contributed by atoms with Crippen LogP contribution in [0.15, 0.2) is 36.7 Å². The first-order valence-corrected chi connectivity index (χ1v) is 10.8. The maximum Gasteiger partial charge on any atom is 0.258 e. The van der Waals surface area contributed by atoms with Gasteiger partial charge in [0.25, 0.3) is 5.91 Å². The van der Waals surface area contributed by atoms with Gasteiger partial charge in [0.1, 0.15) is 0 Å². The molecule has 1 aliphatic rings. The van der Waals surface area contributed by atoms with Crippen molar-refractivity contribution in [1.29, 1.82) is 0 Å². The van der Waals surface area contributed by atoms with Gasteiger partial charge in [-0.1, -0.05) is 20.8 Å². The molecular weight excluding hydrogens is 362 g/mol. The first kappa shape index (κ1) is 21.1. The second kappa shape index (κ2) is 10.2. The molecule has 6 heteroatoms. The number of nitrogens with zero attached hydrogens (tertiary/aromatic N) is 4. The largest absolute Gasteiger partial charge is 0.372 e. The molecule has 1 aliphatic heterocycles. The van der Waals surface area contributed by atoms with Gasteiger partial charge in [-0.3, -0.25) is 4.79 Å². The molecule has 0 spiro atoms. The summed E-state index contributed by atoms with van der Waals surface area (Å²) < 4.78 is 0. The number of carbonyl (C=O) groups is 1. The molecule has 3 rings (SSSR count). The van der Waals surface area contributed by atoms with Crippen LogP contribution in [0.3, 0.4) is 0 Å². The van der Waals surface area contributed by atoms with Crippen LogP contribution < -0.4 is 15.1 Å².